The molecule has 4 nitrogen and oxygen atoms in total. The Morgan fingerprint density at radius 2 is 1.40 bits per heavy atom. The van der Waals surface area contributed by atoms with E-state index in [1.165, 1.54) is 0 Å². The van der Waals surface area contributed by atoms with Crippen LogP contribution in [0, 0.1) is 0 Å². The molecule has 1 unspecified atom stereocenters. The average Bonchev–Trinajstić information content (AvgIpc) is 3.06. The molecule has 0 saturated carbocycles. The van der Waals surface area contributed by atoms with Gasteiger partial charge in [0.15, 0.2) is 0 Å². The van der Waals surface area contributed by atoms with E-state index >= 15 is 0 Å². The number of phenolic OH excluding ortho intramolecular Hbond substituents is 2. The van der Waals surface area contributed by atoms with E-state index in [1.54, 1.807) is 24.3 Å². The zero-order chi connectivity index (χ0) is 17.2. The van der Waals surface area contributed by atoms with Crippen LogP contribution < -0.4 is 5.32 Å². The number of H-pyrrole nitrogens is 1. The van der Waals surface area contributed by atoms with Crippen molar-refractivity contribution in [3.8, 4) is 11.5 Å². The fourth-order valence-electron chi connectivity index (χ4n) is 3.06. The molecular formula is C21H18N2O2. The molecule has 3 aromatic carbocycles. The van der Waals surface area contributed by atoms with Gasteiger partial charge >= 0.3 is 0 Å². The van der Waals surface area contributed by atoms with Gasteiger partial charge in [-0.1, -0.05) is 30.3 Å². The SMILES string of the molecule is Oc1ccc(NC(c2ccc(O)cc2)c2c[nH]c3ccccc23)cc1. The van der Waals surface area contributed by atoms with E-state index in [0.717, 1.165) is 27.7 Å². The fraction of sp³-hybridized carbons (Fsp3) is 0.0476. The smallest absolute Gasteiger partial charge is 0.115 e. The number of fused-ring (bicyclic) bond motifs is 1. The molecule has 0 aliphatic rings. The molecule has 0 radical (unpaired) electrons. The van der Waals surface area contributed by atoms with Crippen molar-refractivity contribution in [2.45, 2.75) is 6.04 Å². The Balaban J connectivity index is 1.80. The van der Waals surface area contributed by atoms with Gasteiger partial charge in [0.05, 0.1) is 6.04 Å². The van der Waals surface area contributed by atoms with Gasteiger partial charge < -0.3 is 20.5 Å². The van der Waals surface area contributed by atoms with E-state index in [2.05, 4.69) is 16.4 Å². The molecule has 4 rings (SSSR count). The topological polar surface area (TPSA) is 68.3 Å². The monoisotopic (exact) mass is 330 g/mol. The molecule has 0 fully saturated rings. The Morgan fingerprint density at radius 1 is 0.760 bits per heavy atom. The Morgan fingerprint density at radius 3 is 2.12 bits per heavy atom. The lowest BCUT2D eigenvalue weighted by molar-refractivity contribution is 0.474. The van der Waals surface area contributed by atoms with E-state index in [-0.39, 0.29) is 17.5 Å². The number of para-hydroxylation sites is 1. The summed E-state index contributed by atoms with van der Waals surface area (Å²) in [5, 5.41) is 23.8. The van der Waals surface area contributed by atoms with Gasteiger partial charge in [0.1, 0.15) is 11.5 Å². The van der Waals surface area contributed by atoms with E-state index in [1.807, 2.05) is 48.7 Å². The van der Waals surface area contributed by atoms with E-state index in [9.17, 15) is 10.2 Å². The second kappa shape index (κ2) is 6.24. The minimum atomic E-state index is -0.0960. The van der Waals surface area contributed by atoms with Crippen LogP contribution in [0.2, 0.25) is 0 Å². The Bertz CT molecular complexity index is 989. The van der Waals surface area contributed by atoms with Crippen LogP contribution in [0.4, 0.5) is 5.69 Å². The van der Waals surface area contributed by atoms with E-state index in [0.29, 0.717) is 0 Å². The predicted octanol–water partition coefficient (Wildman–Crippen LogP) is 4.78. The van der Waals surface area contributed by atoms with Gasteiger partial charge in [0, 0.05) is 28.4 Å². The lowest BCUT2D eigenvalue weighted by Crippen LogP contribution is -2.11. The summed E-state index contributed by atoms with van der Waals surface area (Å²) < 4.78 is 0. The molecule has 1 atom stereocenters. The highest BCUT2D eigenvalue weighted by atomic mass is 16.3. The summed E-state index contributed by atoms with van der Waals surface area (Å²) in [4.78, 5) is 3.32. The number of nitrogens with one attached hydrogen (secondary N) is 2. The van der Waals surface area contributed by atoms with Crippen LogP contribution in [-0.2, 0) is 0 Å². The minimum absolute atomic E-state index is 0.0960. The van der Waals surface area contributed by atoms with Crippen molar-refractivity contribution in [1.82, 2.24) is 4.98 Å². The van der Waals surface area contributed by atoms with Crippen LogP contribution in [0.15, 0.2) is 79.0 Å². The molecule has 0 spiro atoms. The number of phenols is 2. The molecule has 0 saturated heterocycles. The van der Waals surface area contributed by atoms with Crippen molar-refractivity contribution < 1.29 is 10.2 Å². The Kier molecular flexibility index (Phi) is 3.78. The van der Waals surface area contributed by atoms with Crippen LogP contribution in [0.3, 0.4) is 0 Å². The predicted molar refractivity (Wildman–Crippen MR) is 100.0 cm³/mol. The molecule has 25 heavy (non-hydrogen) atoms. The quantitative estimate of drug-likeness (QED) is 0.407. The maximum atomic E-state index is 9.61. The fourth-order valence-corrected chi connectivity index (χ4v) is 3.06. The van der Waals surface area contributed by atoms with Crippen molar-refractivity contribution in [2.75, 3.05) is 5.32 Å². The van der Waals surface area contributed by atoms with Crippen LogP contribution in [0.1, 0.15) is 17.2 Å². The summed E-state index contributed by atoms with van der Waals surface area (Å²) in [7, 11) is 0. The zero-order valence-electron chi connectivity index (χ0n) is 13.5. The highest BCUT2D eigenvalue weighted by molar-refractivity contribution is 5.84. The Labute approximate surface area is 145 Å². The third-order valence-electron chi connectivity index (χ3n) is 4.34. The molecule has 0 bridgehead atoms. The molecule has 1 heterocycles. The molecule has 4 aromatic rings. The molecule has 0 aliphatic carbocycles. The van der Waals surface area contributed by atoms with Gasteiger partial charge in [-0.05, 0) is 48.0 Å². The summed E-state index contributed by atoms with van der Waals surface area (Å²) in [6, 6.07) is 22.3. The highest BCUT2D eigenvalue weighted by Crippen LogP contribution is 2.33. The molecular weight excluding hydrogens is 312 g/mol. The van der Waals surface area contributed by atoms with Crippen LogP contribution in [0.25, 0.3) is 10.9 Å². The van der Waals surface area contributed by atoms with Crippen LogP contribution >= 0.6 is 0 Å². The molecule has 4 N–H and O–H groups in total. The second-order valence-corrected chi connectivity index (χ2v) is 6.01. The number of aromatic amines is 1. The van der Waals surface area contributed by atoms with Gasteiger partial charge in [-0.15, -0.1) is 0 Å². The van der Waals surface area contributed by atoms with Gasteiger partial charge in [0.25, 0.3) is 0 Å². The molecule has 0 aliphatic heterocycles. The number of benzene rings is 3. The maximum Gasteiger partial charge on any atom is 0.115 e. The number of rotatable bonds is 4. The molecule has 0 amide bonds. The van der Waals surface area contributed by atoms with Gasteiger partial charge in [-0.25, -0.2) is 0 Å². The number of hydrogen-bond acceptors (Lipinski definition) is 3. The first-order chi connectivity index (χ1) is 12.2. The van der Waals surface area contributed by atoms with E-state index < -0.39 is 0 Å². The summed E-state index contributed by atoms with van der Waals surface area (Å²) in [5.41, 5.74) is 4.14. The normalized spacial score (nSPS) is 12.2. The number of anilines is 1. The van der Waals surface area contributed by atoms with Crippen LogP contribution in [-0.4, -0.2) is 15.2 Å². The lowest BCUT2D eigenvalue weighted by atomic mass is 9.97. The van der Waals surface area contributed by atoms with Gasteiger partial charge in [0.2, 0.25) is 0 Å². The van der Waals surface area contributed by atoms with Crippen molar-refractivity contribution in [1.29, 1.82) is 0 Å². The molecule has 4 heteroatoms. The van der Waals surface area contributed by atoms with Crippen molar-refractivity contribution in [3.63, 3.8) is 0 Å². The minimum Gasteiger partial charge on any atom is -0.508 e. The second-order valence-electron chi connectivity index (χ2n) is 6.01. The van der Waals surface area contributed by atoms with Crippen molar-refractivity contribution in [3.05, 3.63) is 90.1 Å². The van der Waals surface area contributed by atoms with Crippen LogP contribution in [0.5, 0.6) is 11.5 Å². The van der Waals surface area contributed by atoms with Crippen molar-refractivity contribution >= 4 is 16.6 Å². The number of hydrogen-bond donors (Lipinski definition) is 4. The maximum absolute atomic E-state index is 9.61. The standard InChI is InChI=1S/C21H18N2O2/c24-16-9-5-14(6-10-16)21(23-15-7-11-17(25)12-8-15)19-13-22-20-4-2-1-3-18(19)20/h1-13,21-25H. The number of aromatic hydroxyl groups is 2. The average molecular weight is 330 g/mol. The first-order valence-corrected chi connectivity index (χ1v) is 8.11. The first-order valence-electron chi connectivity index (χ1n) is 8.11. The van der Waals surface area contributed by atoms with Gasteiger partial charge in [-0.2, -0.15) is 0 Å². The number of aromatic nitrogens is 1. The zero-order valence-corrected chi connectivity index (χ0v) is 13.5. The lowest BCUT2D eigenvalue weighted by Gasteiger charge is -2.20. The largest absolute Gasteiger partial charge is 0.508 e. The molecule has 124 valence electrons. The third-order valence-corrected chi connectivity index (χ3v) is 4.34. The Hall–Kier alpha value is -3.40. The summed E-state index contributed by atoms with van der Waals surface area (Å²) >= 11 is 0. The first kappa shape index (κ1) is 15.1. The van der Waals surface area contributed by atoms with E-state index in [4.69, 9.17) is 0 Å². The molecule has 1 aromatic heterocycles. The third kappa shape index (κ3) is 3.02. The highest BCUT2D eigenvalue weighted by Gasteiger charge is 2.18. The van der Waals surface area contributed by atoms with Gasteiger partial charge in [-0.3, -0.25) is 0 Å². The summed E-state index contributed by atoms with van der Waals surface area (Å²) in [6.07, 6.45) is 2.01. The van der Waals surface area contributed by atoms with Crippen molar-refractivity contribution in [2.24, 2.45) is 0 Å². The summed E-state index contributed by atoms with van der Waals surface area (Å²) in [6.45, 7) is 0. The summed E-state index contributed by atoms with van der Waals surface area (Å²) in [5.74, 6) is 0.477.